The molecule has 0 fully saturated rings. The molecule has 0 aliphatic heterocycles. The summed E-state index contributed by atoms with van der Waals surface area (Å²) in [5.41, 5.74) is 2.62. The number of halogens is 3. The number of carbonyl (C=O) groups is 1. The fourth-order valence-corrected chi connectivity index (χ4v) is 3.31. The highest BCUT2D eigenvalue weighted by Gasteiger charge is 2.54. The van der Waals surface area contributed by atoms with Crippen molar-refractivity contribution in [2.75, 3.05) is 13.7 Å². The van der Waals surface area contributed by atoms with Crippen LogP contribution in [0, 0.1) is 5.92 Å². The summed E-state index contributed by atoms with van der Waals surface area (Å²) in [6.45, 7) is 0.120. The standard InChI is InChI=1S/C20H22F3NO3/c1-27-13-7-12-17(20(21,22)23)19(26,14-8-3-2-4-9-14)16-11-6-5-10-15(16)18(24)25/h2-6,8-11,17,26H,7,12-13H2,1H3,(H2,24,25). The van der Waals surface area contributed by atoms with E-state index in [1.807, 2.05) is 0 Å². The molecule has 27 heavy (non-hydrogen) atoms. The molecular weight excluding hydrogens is 359 g/mol. The lowest BCUT2D eigenvalue weighted by Gasteiger charge is -2.39. The average molecular weight is 381 g/mol. The van der Waals surface area contributed by atoms with E-state index in [1.165, 1.54) is 55.6 Å². The summed E-state index contributed by atoms with van der Waals surface area (Å²) in [5, 5.41) is 11.5. The molecule has 2 rings (SSSR count). The number of alkyl halides is 3. The number of hydrogen-bond donors (Lipinski definition) is 2. The van der Waals surface area contributed by atoms with Crippen molar-refractivity contribution < 1.29 is 27.8 Å². The molecule has 7 heteroatoms. The number of nitrogens with two attached hydrogens (primary N) is 1. The summed E-state index contributed by atoms with van der Waals surface area (Å²) in [6.07, 6.45) is -5.01. The Morgan fingerprint density at radius 1 is 1.11 bits per heavy atom. The third-order valence-corrected chi connectivity index (χ3v) is 4.56. The Morgan fingerprint density at radius 2 is 1.70 bits per heavy atom. The molecule has 0 aromatic heterocycles. The summed E-state index contributed by atoms with van der Waals surface area (Å²) < 4.78 is 47.0. The lowest BCUT2D eigenvalue weighted by molar-refractivity contribution is -0.223. The Morgan fingerprint density at radius 3 is 2.26 bits per heavy atom. The van der Waals surface area contributed by atoms with E-state index in [-0.39, 0.29) is 36.1 Å². The number of carbonyl (C=O) groups excluding carboxylic acids is 1. The second-order valence-electron chi connectivity index (χ2n) is 6.27. The summed E-state index contributed by atoms with van der Waals surface area (Å²) in [7, 11) is 1.40. The number of methoxy groups -OCH3 is 1. The van der Waals surface area contributed by atoms with Gasteiger partial charge in [0.1, 0.15) is 5.60 Å². The molecule has 4 nitrogen and oxygen atoms in total. The van der Waals surface area contributed by atoms with Crippen LogP contribution in [0.4, 0.5) is 13.2 Å². The maximum Gasteiger partial charge on any atom is 0.395 e. The Bertz CT molecular complexity index is 765. The second-order valence-corrected chi connectivity index (χ2v) is 6.27. The molecule has 0 heterocycles. The van der Waals surface area contributed by atoms with E-state index in [0.717, 1.165) is 0 Å². The van der Waals surface area contributed by atoms with Crippen LogP contribution in [0.5, 0.6) is 0 Å². The van der Waals surface area contributed by atoms with Gasteiger partial charge in [-0.25, -0.2) is 0 Å². The smallest absolute Gasteiger partial charge is 0.385 e. The van der Waals surface area contributed by atoms with Gasteiger partial charge in [-0.1, -0.05) is 48.5 Å². The zero-order valence-corrected chi connectivity index (χ0v) is 14.9. The van der Waals surface area contributed by atoms with Gasteiger partial charge in [-0.2, -0.15) is 13.2 Å². The number of hydrogen-bond acceptors (Lipinski definition) is 3. The Labute approximate surface area is 155 Å². The Kier molecular flexibility index (Phi) is 6.62. The monoisotopic (exact) mass is 381 g/mol. The molecule has 146 valence electrons. The van der Waals surface area contributed by atoms with E-state index in [4.69, 9.17) is 10.5 Å². The van der Waals surface area contributed by atoms with E-state index >= 15 is 0 Å². The predicted molar refractivity (Wildman–Crippen MR) is 95.1 cm³/mol. The average Bonchev–Trinajstić information content (AvgIpc) is 2.64. The summed E-state index contributed by atoms with van der Waals surface area (Å²) in [4.78, 5) is 11.8. The van der Waals surface area contributed by atoms with Gasteiger partial charge < -0.3 is 15.6 Å². The molecule has 0 bridgehead atoms. The van der Waals surface area contributed by atoms with Gasteiger partial charge in [0.15, 0.2) is 0 Å². The van der Waals surface area contributed by atoms with E-state index in [2.05, 4.69) is 0 Å². The molecular formula is C20H22F3NO3. The molecule has 0 saturated heterocycles. The number of ether oxygens (including phenoxy) is 1. The van der Waals surface area contributed by atoms with Gasteiger partial charge in [0.25, 0.3) is 0 Å². The van der Waals surface area contributed by atoms with Crippen LogP contribution < -0.4 is 5.73 Å². The Hall–Kier alpha value is -2.38. The fourth-order valence-electron chi connectivity index (χ4n) is 3.31. The van der Waals surface area contributed by atoms with E-state index in [0.29, 0.717) is 0 Å². The summed E-state index contributed by atoms with van der Waals surface area (Å²) >= 11 is 0. The van der Waals surface area contributed by atoms with Crippen LogP contribution in [-0.4, -0.2) is 30.9 Å². The maximum absolute atomic E-state index is 14.0. The van der Waals surface area contributed by atoms with Gasteiger partial charge >= 0.3 is 6.18 Å². The normalized spacial score (nSPS) is 15.1. The molecule has 0 radical (unpaired) electrons. The molecule has 0 saturated carbocycles. The van der Waals surface area contributed by atoms with Crippen LogP contribution >= 0.6 is 0 Å². The number of benzene rings is 2. The third kappa shape index (κ3) is 4.48. The quantitative estimate of drug-likeness (QED) is 0.686. The first-order valence-corrected chi connectivity index (χ1v) is 8.45. The summed E-state index contributed by atoms with van der Waals surface area (Å²) in [5.74, 6) is -3.05. The molecule has 0 spiro atoms. The largest absolute Gasteiger partial charge is 0.395 e. The number of primary amides is 1. The van der Waals surface area contributed by atoms with Crippen molar-refractivity contribution in [3.63, 3.8) is 0 Å². The van der Waals surface area contributed by atoms with Crippen molar-refractivity contribution in [3.8, 4) is 0 Å². The predicted octanol–water partition coefficient (Wildman–Crippen LogP) is 3.63. The zero-order valence-electron chi connectivity index (χ0n) is 14.9. The first-order valence-electron chi connectivity index (χ1n) is 8.45. The minimum Gasteiger partial charge on any atom is -0.385 e. The van der Waals surface area contributed by atoms with Crippen LogP contribution in [0.15, 0.2) is 54.6 Å². The number of rotatable bonds is 8. The van der Waals surface area contributed by atoms with Crippen molar-refractivity contribution in [1.29, 1.82) is 0 Å². The molecule has 2 atom stereocenters. The van der Waals surface area contributed by atoms with Gasteiger partial charge in [0, 0.05) is 24.8 Å². The van der Waals surface area contributed by atoms with Crippen molar-refractivity contribution >= 4 is 5.91 Å². The van der Waals surface area contributed by atoms with Crippen LogP contribution in [0.25, 0.3) is 0 Å². The molecule has 1 amide bonds. The second kappa shape index (κ2) is 8.54. The fraction of sp³-hybridized carbons (Fsp3) is 0.350. The van der Waals surface area contributed by atoms with Crippen molar-refractivity contribution in [2.45, 2.75) is 24.6 Å². The van der Waals surface area contributed by atoms with Crippen molar-refractivity contribution in [3.05, 3.63) is 71.3 Å². The van der Waals surface area contributed by atoms with Gasteiger partial charge in [-0.05, 0) is 24.5 Å². The molecule has 2 aromatic carbocycles. The zero-order chi connectivity index (χ0) is 20.1. The third-order valence-electron chi connectivity index (χ3n) is 4.56. The number of aliphatic hydroxyl groups is 1. The maximum atomic E-state index is 14.0. The molecule has 2 unspecified atom stereocenters. The lowest BCUT2D eigenvalue weighted by Crippen LogP contribution is -2.46. The van der Waals surface area contributed by atoms with Gasteiger partial charge in [0.2, 0.25) is 5.91 Å². The van der Waals surface area contributed by atoms with Crippen molar-refractivity contribution in [1.82, 2.24) is 0 Å². The molecule has 2 aromatic rings. The first kappa shape index (κ1) is 20.9. The SMILES string of the molecule is COCCCC(C(F)(F)F)C(O)(c1ccccc1)c1ccccc1C(N)=O. The topological polar surface area (TPSA) is 72.6 Å². The minimum absolute atomic E-state index is 0.0402. The minimum atomic E-state index is -4.72. The van der Waals surface area contributed by atoms with Gasteiger partial charge in [-0.15, -0.1) is 0 Å². The van der Waals surface area contributed by atoms with Crippen LogP contribution in [0.3, 0.4) is 0 Å². The van der Waals surface area contributed by atoms with Crippen LogP contribution in [0.2, 0.25) is 0 Å². The van der Waals surface area contributed by atoms with E-state index in [9.17, 15) is 23.1 Å². The van der Waals surface area contributed by atoms with Crippen LogP contribution in [-0.2, 0) is 10.3 Å². The molecule has 0 aliphatic carbocycles. The van der Waals surface area contributed by atoms with Crippen molar-refractivity contribution in [2.24, 2.45) is 11.7 Å². The Balaban J connectivity index is 2.72. The highest BCUT2D eigenvalue weighted by Crippen LogP contribution is 2.48. The highest BCUT2D eigenvalue weighted by molar-refractivity contribution is 5.94. The summed E-state index contributed by atoms with van der Waals surface area (Å²) in [6, 6.07) is 13.1. The van der Waals surface area contributed by atoms with E-state index < -0.39 is 23.6 Å². The highest BCUT2D eigenvalue weighted by atomic mass is 19.4. The van der Waals surface area contributed by atoms with Gasteiger partial charge in [-0.3, -0.25) is 4.79 Å². The number of amides is 1. The van der Waals surface area contributed by atoms with E-state index in [1.54, 1.807) is 6.07 Å². The molecule has 0 aliphatic rings. The van der Waals surface area contributed by atoms with Gasteiger partial charge in [0.05, 0.1) is 5.92 Å². The first-order chi connectivity index (χ1) is 12.7. The lowest BCUT2D eigenvalue weighted by atomic mass is 9.72. The molecule has 3 N–H and O–H groups in total. The van der Waals surface area contributed by atoms with Crippen LogP contribution in [0.1, 0.15) is 34.3 Å².